The van der Waals surface area contributed by atoms with Gasteiger partial charge in [0.1, 0.15) is 0 Å². The summed E-state index contributed by atoms with van der Waals surface area (Å²) in [5, 5.41) is 0.675. The number of carbonyl (C=O) groups is 4. The van der Waals surface area contributed by atoms with E-state index in [-0.39, 0.29) is 33.7 Å². The van der Waals surface area contributed by atoms with Crippen LogP contribution in [0.5, 0.6) is 0 Å². The Balaban J connectivity index is 1.25. The summed E-state index contributed by atoms with van der Waals surface area (Å²) in [5.74, 6) is -1.53. The maximum Gasteiger partial charge on any atom is 0.267 e. The summed E-state index contributed by atoms with van der Waals surface area (Å²) in [4.78, 5) is 55.6. The molecule has 0 radical (unpaired) electrons. The molecule has 0 bridgehead atoms. The van der Waals surface area contributed by atoms with Crippen molar-refractivity contribution in [3.63, 3.8) is 0 Å². The quantitative estimate of drug-likeness (QED) is 0.214. The van der Waals surface area contributed by atoms with E-state index in [2.05, 4.69) is 12.1 Å². The predicted octanol–water partition coefficient (Wildman–Crippen LogP) is 8.46. The molecule has 6 nitrogen and oxygen atoms in total. The lowest BCUT2D eigenvalue weighted by Gasteiger charge is -2.39. The van der Waals surface area contributed by atoms with Gasteiger partial charge in [0.05, 0.1) is 38.7 Å². The zero-order chi connectivity index (χ0) is 30.9. The second kappa shape index (κ2) is 10.4. The van der Waals surface area contributed by atoms with E-state index in [1.54, 1.807) is 36.4 Å². The molecule has 7 rings (SSSR count). The molecule has 2 aliphatic heterocycles. The van der Waals surface area contributed by atoms with Crippen LogP contribution < -0.4 is 9.80 Å². The Bertz CT molecular complexity index is 1940. The summed E-state index contributed by atoms with van der Waals surface area (Å²) in [6.07, 6.45) is 5.11. The smallest absolute Gasteiger partial charge is 0.267 e. The van der Waals surface area contributed by atoms with Crippen molar-refractivity contribution in [2.75, 3.05) is 9.80 Å². The van der Waals surface area contributed by atoms with E-state index in [4.69, 9.17) is 23.2 Å². The van der Waals surface area contributed by atoms with Gasteiger partial charge in [-0.25, -0.2) is 9.80 Å². The minimum absolute atomic E-state index is 0.239. The van der Waals surface area contributed by atoms with Gasteiger partial charge in [0, 0.05) is 10.4 Å². The number of benzene rings is 4. The van der Waals surface area contributed by atoms with Crippen molar-refractivity contribution in [3.8, 4) is 0 Å². The first-order valence-corrected chi connectivity index (χ1v) is 15.5. The van der Waals surface area contributed by atoms with Crippen LogP contribution in [0.2, 0.25) is 10.0 Å². The molecule has 1 saturated carbocycles. The van der Waals surface area contributed by atoms with Crippen LogP contribution in [0.4, 0.5) is 11.4 Å². The molecule has 0 N–H and O–H groups in total. The molecule has 0 atom stereocenters. The van der Waals surface area contributed by atoms with Gasteiger partial charge in [0.15, 0.2) is 0 Å². The third-order valence-electron chi connectivity index (χ3n) is 9.40. The van der Waals surface area contributed by atoms with Gasteiger partial charge in [-0.15, -0.1) is 0 Å². The van der Waals surface area contributed by atoms with Crippen LogP contribution >= 0.6 is 23.2 Å². The highest BCUT2D eigenvalue weighted by molar-refractivity contribution is 6.42. The Labute approximate surface area is 265 Å². The van der Waals surface area contributed by atoms with E-state index < -0.39 is 5.91 Å². The number of imide groups is 2. The highest BCUT2D eigenvalue weighted by Gasteiger charge is 2.42. The van der Waals surface area contributed by atoms with Crippen molar-refractivity contribution < 1.29 is 19.2 Å². The van der Waals surface area contributed by atoms with E-state index in [9.17, 15) is 19.2 Å². The first-order valence-electron chi connectivity index (χ1n) is 14.7. The van der Waals surface area contributed by atoms with Crippen molar-refractivity contribution in [2.45, 2.75) is 51.4 Å². The van der Waals surface area contributed by atoms with Gasteiger partial charge in [-0.2, -0.15) is 0 Å². The van der Waals surface area contributed by atoms with E-state index >= 15 is 0 Å². The first-order chi connectivity index (χ1) is 21.1. The Hall–Kier alpha value is -4.26. The number of anilines is 2. The monoisotopic (exact) mass is 622 g/mol. The van der Waals surface area contributed by atoms with Crippen molar-refractivity contribution in [1.29, 1.82) is 0 Å². The van der Waals surface area contributed by atoms with Crippen LogP contribution in [-0.2, 0) is 5.41 Å². The van der Waals surface area contributed by atoms with Crippen LogP contribution in [-0.4, -0.2) is 23.6 Å². The Morgan fingerprint density at radius 3 is 1.75 bits per heavy atom. The van der Waals surface area contributed by atoms with Gasteiger partial charge in [-0.05, 0) is 91.4 Å². The maximum atomic E-state index is 13.3. The summed E-state index contributed by atoms with van der Waals surface area (Å²) in [6.45, 7) is 3.84. The van der Waals surface area contributed by atoms with E-state index in [1.807, 2.05) is 38.1 Å². The fourth-order valence-corrected chi connectivity index (χ4v) is 7.63. The third kappa shape index (κ3) is 4.15. The second-order valence-corrected chi connectivity index (χ2v) is 12.7. The number of carbonyl (C=O) groups excluding carboxylic acids is 4. The number of hydrogen-bond donors (Lipinski definition) is 0. The summed E-state index contributed by atoms with van der Waals surface area (Å²) in [5.41, 5.74) is 5.86. The van der Waals surface area contributed by atoms with Crippen molar-refractivity contribution in [3.05, 3.63) is 127 Å². The van der Waals surface area contributed by atoms with E-state index in [0.29, 0.717) is 33.1 Å². The average Bonchev–Trinajstić information content (AvgIpc) is 3.41. The van der Waals surface area contributed by atoms with Crippen LogP contribution in [0.15, 0.2) is 72.8 Å². The topological polar surface area (TPSA) is 74.8 Å². The fourth-order valence-electron chi connectivity index (χ4n) is 7.20. The van der Waals surface area contributed by atoms with Crippen LogP contribution in [0.25, 0.3) is 0 Å². The molecule has 0 unspecified atom stereocenters. The summed E-state index contributed by atoms with van der Waals surface area (Å²) in [6, 6.07) is 21.6. The number of fused-ring (bicyclic) bond motifs is 2. The van der Waals surface area contributed by atoms with Crippen molar-refractivity contribution in [1.82, 2.24) is 0 Å². The molecular formula is C36H28Cl2N2O4. The van der Waals surface area contributed by atoms with Gasteiger partial charge in [0.25, 0.3) is 23.6 Å². The minimum Gasteiger partial charge on any atom is -0.268 e. The van der Waals surface area contributed by atoms with Crippen LogP contribution in [0.3, 0.4) is 0 Å². The number of amides is 4. The van der Waals surface area contributed by atoms with Crippen LogP contribution in [0, 0.1) is 13.8 Å². The van der Waals surface area contributed by atoms with E-state index in [0.717, 1.165) is 54.4 Å². The highest BCUT2D eigenvalue weighted by Crippen LogP contribution is 2.47. The molecule has 2 heterocycles. The molecule has 8 heteroatoms. The number of aryl methyl sites for hydroxylation is 2. The first kappa shape index (κ1) is 28.5. The normalized spacial score (nSPS) is 17.4. The molecule has 220 valence electrons. The van der Waals surface area contributed by atoms with Gasteiger partial charge in [-0.1, -0.05) is 72.8 Å². The zero-order valence-electron chi connectivity index (χ0n) is 24.2. The Kier molecular flexibility index (Phi) is 6.76. The molecule has 0 spiro atoms. The van der Waals surface area contributed by atoms with Crippen LogP contribution in [0.1, 0.15) is 95.8 Å². The highest BCUT2D eigenvalue weighted by atomic mass is 35.5. The SMILES string of the molecule is Cc1cc(C2(c3ccc(N4C(=O)c5cccc(Cl)c5C4=O)c(C)c3)CCCCC2)ccc1N1C(=O)c2ccc(Cl)cc2C1=O. The standard InChI is InChI=1S/C36H28Cl2N2O4/c1-20-17-22(9-13-29(20)39-32(41)25-12-11-24(37)19-27(25)34(39)43)36(15-4-3-5-16-36)23-10-14-30(21(2)18-23)40-33(42)26-7-6-8-28(38)31(26)35(40)44/h6-14,17-19H,3-5,15-16H2,1-2H3. The predicted molar refractivity (Wildman–Crippen MR) is 171 cm³/mol. The molecule has 3 aliphatic rings. The maximum absolute atomic E-state index is 13.3. The number of halogens is 2. The number of hydrogen-bond acceptors (Lipinski definition) is 4. The molecule has 0 aromatic heterocycles. The summed E-state index contributed by atoms with van der Waals surface area (Å²) < 4.78 is 0. The largest absolute Gasteiger partial charge is 0.268 e. The molecule has 44 heavy (non-hydrogen) atoms. The fraction of sp³-hybridized carbons (Fsp3) is 0.222. The summed E-state index contributed by atoms with van der Waals surface area (Å²) in [7, 11) is 0. The molecule has 4 aromatic carbocycles. The molecule has 1 fully saturated rings. The zero-order valence-corrected chi connectivity index (χ0v) is 25.8. The second-order valence-electron chi connectivity index (χ2n) is 11.9. The van der Waals surface area contributed by atoms with Gasteiger partial charge in [-0.3, -0.25) is 19.2 Å². The summed E-state index contributed by atoms with van der Waals surface area (Å²) >= 11 is 12.4. The molecule has 0 saturated heterocycles. The average molecular weight is 624 g/mol. The lowest BCUT2D eigenvalue weighted by molar-refractivity contribution is 0.0910. The lowest BCUT2D eigenvalue weighted by atomic mass is 9.65. The van der Waals surface area contributed by atoms with Gasteiger partial charge < -0.3 is 0 Å². The third-order valence-corrected chi connectivity index (χ3v) is 9.95. The lowest BCUT2D eigenvalue weighted by Crippen LogP contribution is -2.33. The Morgan fingerprint density at radius 1 is 0.591 bits per heavy atom. The number of rotatable bonds is 4. The van der Waals surface area contributed by atoms with E-state index in [1.165, 1.54) is 9.80 Å². The Morgan fingerprint density at radius 2 is 1.16 bits per heavy atom. The van der Waals surface area contributed by atoms with Gasteiger partial charge in [0.2, 0.25) is 0 Å². The van der Waals surface area contributed by atoms with Gasteiger partial charge >= 0.3 is 0 Å². The number of nitrogens with zero attached hydrogens (tertiary/aromatic N) is 2. The van der Waals surface area contributed by atoms with Crippen molar-refractivity contribution in [2.24, 2.45) is 0 Å². The molecular weight excluding hydrogens is 595 g/mol. The minimum atomic E-state index is -0.416. The van der Waals surface area contributed by atoms with Crippen molar-refractivity contribution >= 4 is 58.2 Å². The molecule has 4 amide bonds. The molecule has 1 aliphatic carbocycles. The molecule has 4 aromatic rings.